The number of nitrogens with two attached hydrogens (primary N) is 1. The predicted molar refractivity (Wildman–Crippen MR) is 69.9 cm³/mol. The number of nitrogen functional groups attached to an aromatic ring is 1. The van der Waals surface area contributed by atoms with E-state index in [0.29, 0.717) is 12.4 Å². The molecular formula is C12H20N4O. The highest BCUT2D eigenvalue weighted by atomic mass is 16.5. The molecular weight excluding hydrogens is 216 g/mol. The van der Waals surface area contributed by atoms with Gasteiger partial charge in [0.25, 0.3) is 0 Å². The fraction of sp³-hybridized carbons (Fsp3) is 0.500. The molecule has 5 nitrogen and oxygen atoms in total. The minimum Gasteiger partial charge on any atom is -0.383 e. The lowest BCUT2D eigenvalue weighted by Crippen LogP contribution is -2.04. The summed E-state index contributed by atoms with van der Waals surface area (Å²) >= 11 is 0. The van der Waals surface area contributed by atoms with E-state index >= 15 is 0 Å². The largest absolute Gasteiger partial charge is 0.383 e. The summed E-state index contributed by atoms with van der Waals surface area (Å²) in [4.78, 5) is 8.22. The van der Waals surface area contributed by atoms with Crippen molar-refractivity contribution in [2.24, 2.45) is 0 Å². The Morgan fingerprint density at radius 3 is 2.71 bits per heavy atom. The van der Waals surface area contributed by atoms with E-state index in [4.69, 9.17) is 10.5 Å². The Labute approximate surface area is 102 Å². The van der Waals surface area contributed by atoms with Crippen LogP contribution < -0.4 is 5.73 Å². The SMILES string of the molecule is CC.COCCn1cc(C)c2c(N)ncnc21. The van der Waals surface area contributed by atoms with Crippen molar-refractivity contribution in [2.45, 2.75) is 27.3 Å². The van der Waals surface area contributed by atoms with Crippen LogP contribution in [0, 0.1) is 6.92 Å². The second-order valence-electron chi connectivity index (χ2n) is 3.46. The summed E-state index contributed by atoms with van der Waals surface area (Å²) < 4.78 is 7.07. The zero-order valence-electron chi connectivity index (χ0n) is 10.9. The van der Waals surface area contributed by atoms with E-state index in [-0.39, 0.29) is 0 Å². The van der Waals surface area contributed by atoms with E-state index in [9.17, 15) is 0 Å². The summed E-state index contributed by atoms with van der Waals surface area (Å²) in [6, 6.07) is 0. The van der Waals surface area contributed by atoms with Gasteiger partial charge in [0.2, 0.25) is 0 Å². The molecule has 0 spiro atoms. The molecule has 5 heteroatoms. The number of hydrogen-bond acceptors (Lipinski definition) is 4. The normalized spacial score (nSPS) is 10.1. The number of fused-ring (bicyclic) bond motifs is 1. The fourth-order valence-corrected chi connectivity index (χ4v) is 1.71. The zero-order valence-corrected chi connectivity index (χ0v) is 10.9. The number of anilines is 1. The lowest BCUT2D eigenvalue weighted by atomic mass is 10.2. The first-order valence-corrected chi connectivity index (χ1v) is 5.79. The molecule has 0 aliphatic heterocycles. The molecule has 0 aliphatic carbocycles. The third-order valence-corrected chi connectivity index (χ3v) is 2.41. The molecule has 2 heterocycles. The minimum atomic E-state index is 0.536. The van der Waals surface area contributed by atoms with Gasteiger partial charge in [0.05, 0.1) is 12.0 Å². The first-order chi connectivity index (χ1) is 8.24. The van der Waals surface area contributed by atoms with Crippen molar-refractivity contribution in [1.29, 1.82) is 0 Å². The average Bonchev–Trinajstić information content (AvgIpc) is 2.68. The molecule has 2 rings (SSSR count). The van der Waals surface area contributed by atoms with E-state index in [1.165, 1.54) is 6.33 Å². The Morgan fingerprint density at radius 1 is 1.35 bits per heavy atom. The van der Waals surface area contributed by atoms with E-state index in [2.05, 4.69) is 9.97 Å². The number of hydrogen-bond donors (Lipinski definition) is 1. The molecule has 0 saturated heterocycles. The van der Waals surface area contributed by atoms with Crippen LogP contribution in [0.1, 0.15) is 19.4 Å². The molecule has 0 amide bonds. The fourth-order valence-electron chi connectivity index (χ4n) is 1.71. The molecule has 94 valence electrons. The van der Waals surface area contributed by atoms with Gasteiger partial charge in [0.15, 0.2) is 0 Å². The number of aryl methyl sites for hydroxylation is 1. The van der Waals surface area contributed by atoms with Crippen LogP contribution in [0.15, 0.2) is 12.5 Å². The number of methoxy groups -OCH3 is 1. The topological polar surface area (TPSA) is 66.0 Å². The van der Waals surface area contributed by atoms with Crippen molar-refractivity contribution in [2.75, 3.05) is 19.5 Å². The molecule has 0 saturated carbocycles. The van der Waals surface area contributed by atoms with E-state index in [1.807, 2.05) is 31.5 Å². The van der Waals surface area contributed by atoms with Crippen molar-refractivity contribution < 1.29 is 4.74 Å². The minimum absolute atomic E-state index is 0.536. The molecule has 0 aromatic carbocycles. The molecule has 17 heavy (non-hydrogen) atoms. The quantitative estimate of drug-likeness (QED) is 0.885. The van der Waals surface area contributed by atoms with Gasteiger partial charge < -0.3 is 15.0 Å². The summed E-state index contributed by atoms with van der Waals surface area (Å²) in [5, 5.41) is 0.939. The Kier molecular flexibility index (Phi) is 4.90. The van der Waals surface area contributed by atoms with Gasteiger partial charge in [-0.2, -0.15) is 0 Å². The van der Waals surface area contributed by atoms with Crippen LogP contribution in [0.4, 0.5) is 5.82 Å². The standard InChI is InChI=1S/C10H14N4O.C2H6/c1-7-5-14(3-4-15-2)10-8(7)9(11)12-6-13-10;1-2/h5-6H,3-4H2,1-2H3,(H2,11,12,13);1-2H3. The molecule has 0 atom stereocenters. The summed E-state index contributed by atoms with van der Waals surface area (Å²) in [7, 11) is 1.68. The molecule has 0 bridgehead atoms. The Hall–Kier alpha value is -1.62. The maximum Gasteiger partial charge on any atom is 0.145 e. The van der Waals surface area contributed by atoms with Gasteiger partial charge in [-0.15, -0.1) is 0 Å². The van der Waals surface area contributed by atoms with Crippen LogP contribution in [0.25, 0.3) is 11.0 Å². The zero-order chi connectivity index (χ0) is 12.8. The predicted octanol–water partition coefficient (Wildman–Crippen LogP) is 1.99. The second-order valence-corrected chi connectivity index (χ2v) is 3.46. The first kappa shape index (κ1) is 13.4. The van der Waals surface area contributed by atoms with Crippen LogP contribution in [0.3, 0.4) is 0 Å². The highest BCUT2D eigenvalue weighted by molar-refractivity contribution is 5.89. The molecule has 2 aromatic rings. The van der Waals surface area contributed by atoms with Crippen LogP contribution in [0.5, 0.6) is 0 Å². The molecule has 0 unspecified atom stereocenters. The number of aromatic nitrogens is 3. The summed E-state index contributed by atoms with van der Waals surface area (Å²) in [5.74, 6) is 0.536. The lowest BCUT2D eigenvalue weighted by molar-refractivity contribution is 0.188. The van der Waals surface area contributed by atoms with Crippen LogP contribution in [0.2, 0.25) is 0 Å². The van der Waals surface area contributed by atoms with Gasteiger partial charge in [0, 0.05) is 19.9 Å². The molecule has 2 aromatic heterocycles. The lowest BCUT2D eigenvalue weighted by Gasteiger charge is -2.02. The van der Waals surface area contributed by atoms with Gasteiger partial charge in [-0.25, -0.2) is 9.97 Å². The Bertz CT molecular complexity index is 479. The Balaban J connectivity index is 0.000000686. The maximum absolute atomic E-state index is 5.80. The van der Waals surface area contributed by atoms with Crippen molar-refractivity contribution in [3.05, 3.63) is 18.1 Å². The van der Waals surface area contributed by atoms with Gasteiger partial charge >= 0.3 is 0 Å². The Morgan fingerprint density at radius 2 is 2.06 bits per heavy atom. The van der Waals surface area contributed by atoms with Crippen LogP contribution in [-0.2, 0) is 11.3 Å². The third kappa shape index (κ3) is 2.74. The number of rotatable bonds is 3. The van der Waals surface area contributed by atoms with E-state index in [1.54, 1.807) is 7.11 Å². The third-order valence-electron chi connectivity index (χ3n) is 2.41. The highest BCUT2D eigenvalue weighted by Crippen LogP contribution is 2.22. The van der Waals surface area contributed by atoms with Crippen LogP contribution in [-0.4, -0.2) is 28.3 Å². The van der Waals surface area contributed by atoms with Crippen LogP contribution >= 0.6 is 0 Å². The van der Waals surface area contributed by atoms with Gasteiger partial charge in [0.1, 0.15) is 17.8 Å². The summed E-state index contributed by atoms with van der Waals surface area (Å²) in [6.45, 7) is 7.44. The summed E-state index contributed by atoms with van der Waals surface area (Å²) in [6.07, 6.45) is 3.51. The molecule has 0 aliphatic rings. The van der Waals surface area contributed by atoms with Crippen molar-refractivity contribution in [1.82, 2.24) is 14.5 Å². The molecule has 0 radical (unpaired) electrons. The van der Waals surface area contributed by atoms with E-state index < -0.39 is 0 Å². The molecule has 0 fully saturated rings. The van der Waals surface area contributed by atoms with Gasteiger partial charge in [-0.05, 0) is 12.5 Å². The number of ether oxygens (including phenoxy) is 1. The van der Waals surface area contributed by atoms with E-state index in [0.717, 1.165) is 23.1 Å². The summed E-state index contributed by atoms with van der Waals surface area (Å²) in [5.41, 5.74) is 7.77. The maximum atomic E-state index is 5.80. The number of nitrogens with zero attached hydrogens (tertiary/aromatic N) is 3. The van der Waals surface area contributed by atoms with Crippen molar-refractivity contribution in [3.63, 3.8) is 0 Å². The monoisotopic (exact) mass is 236 g/mol. The smallest absolute Gasteiger partial charge is 0.145 e. The van der Waals surface area contributed by atoms with Crippen molar-refractivity contribution >= 4 is 16.9 Å². The first-order valence-electron chi connectivity index (χ1n) is 5.79. The van der Waals surface area contributed by atoms with Gasteiger partial charge in [-0.1, -0.05) is 13.8 Å². The average molecular weight is 236 g/mol. The van der Waals surface area contributed by atoms with Crippen molar-refractivity contribution in [3.8, 4) is 0 Å². The second kappa shape index (κ2) is 6.20. The highest BCUT2D eigenvalue weighted by Gasteiger charge is 2.09. The molecule has 2 N–H and O–H groups in total. The van der Waals surface area contributed by atoms with Gasteiger partial charge in [-0.3, -0.25) is 0 Å².